The summed E-state index contributed by atoms with van der Waals surface area (Å²) < 4.78 is 28.4. The summed E-state index contributed by atoms with van der Waals surface area (Å²) in [6.45, 7) is 5.61. The van der Waals surface area contributed by atoms with Gasteiger partial charge in [-0.15, -0.1) is 0 Å². The van der Waals surface area contributed by atoms with E-state index in [9.17, 15) is 34.5 Å². The second-order valence-electron chi connectivity index (χ2n) is 21.2. The second-order valence-corrected chi connectivity index (χ2v) is 21.2. The molecule has 12 heteroatoms. The Bertz CT molecular complexity index is 2080. The van der Waals surface area contributed by atoms with Crippen molar-refractivity contribution in [2.24, 2.45) is 0 Å². The lowest BCUT2D eigenvalue weighted by atomic mass is 9.98. The lowest BCUT2D eigenvalue weighted by Crippen LogP contribution is -2.61. The maximum Gasteiger partial charge on any atom is 0.335 e. The molecule has 0 saturated carbocycles. The van der Waals surface area contributed by atoms with Crippen molar-refractivity contribution < 1.29 is 58.2 Å². The maximum absolute atomic E-state index is 13.2. The van der Waals surface area contributed by atoms with Gasteiger partial charge < -0.3 is 39.0 Å². The van der Waals surface area contributed by atoms with E-state index in [1.165, 1.54) is 0 Å². The molecule has 0 aliphatic carbocycles. The highest BCUT2D eigenvalue weighted by atomic mass is 16.7. The van der Waals surface area contributed by atoms with Crippen molar-refractivity contribution in [1.29, 1.82) is 0 Å². The number of aliphatic hydroxyl groups is 2. The molecule has 6 atom stereocenters. The fraction of sp³-hybridized carbons (Fsp3) is 0.589. The van der Waals surface area contributed by atoms with Gasteiger partial charge in [-0.2, -0.15) is 0 Å². The van der Waals surface area contributed by atoms with Crippen LogP contribution in [0.5, 0.6) is 0 Å². The lowest BCUT2D eigenvalue weighted by molar-refractivity contribution is -0.301. The molecule has 3 N–H and O–H groups in total. The van der Waals surface area contributed by atoms with Crippen molar-refractivity contribution in [3.63, 3.8) is 0 Å². The number of hydrogen-bond acceptors (Lipinski definition) is 11. The molecule has 0 spiro atoms. The van der Waals surface area contributed by atoms with Crippen LogP contribution in [0.1, 0.15) is 226 Å². The predicted molar refractivity (Wildman–Crippen MR) is 349 cm³/mol. The summed E-state index contributed by atoms with van der Waals surface area (Å²) in [7, 11) is 0. The minimum Gasteiger partial charge on any atom is -0.479 e. The van der Waals surface area contributed by atoms with Crippen LogP contribution in [0.25, 0.3) is 0 Å². The van der Waals surface area contributed by atoms with Crippen LogP contribution in [0.15, 0.2) is 158 Å². The van der Waals surface area contributed by atoms with Gasteiger partial charge in [0, 0.05) is 19.3 Å². The summed E-state index contributed by atoms with van der Waals surface area (Å²) >= 11 is 0. The number of carboxylic acid groups (broad SMARTS) is 1. The Morgan fingerprint density at radius 1 is 0.388 bits per heavy atom. The fourth-order valence-corrected chi connectivity index (χ4v) is 8.75. The van der Waals surface area contributed by atoms with Gasteiger partial charge in [-0.1, -0.05) is 237 Å². The number of aliphatic hydroxyl groups excluding tert-OH is 2. The van der Waals surface area contributed by atoms with Crippen molar-refractivity contribution in [2.45, 2.75) is 263 Å². The summed E-state index contributed by atoms with van der Waals surface area (Å²) in [5, 5.41) is 31.6. The Balaban J connectivity index is 2.73. The van der Waals surface area contributed by atoms with Gasteiger partial charge in [0.1, 0.15) is 18.8 Å². The highest BCUT2D eigenvalue weighted by molar-refractivity contribution is 5.74. The average Bonchev–Trinajstić information content (AvgIpc) is 2.79. The number of rotatable bonds is 53. The molecule has 0 aromatic heterocycles. The molecule has 0 bridgehead atoms. The van der Waals surface area contributed by atoms with E-state index < -0.39 is 67.3 Å². The molecule has 476 valence electrons. The first-order valence-electron chi connectivity index (χ1n) is 32.5. The van der Waals surface area contributed by atoms with Gasteiger partial charge in [-0.3, -0.25) is 14.4 Å². The molecule has 6 unspecified atom stereocenters. The number of esters is 3. The summed E-state index contributed by atoms with van der Waals surface area (Å²) in [5.74, 6) is -3.28. The van der Waals surface area contributed by atoms with Gasteiger partial charge in [0.2, 0.25) is 0 Å². The topological polar surface area (TPSA) is 175 Å². The third-order valence-electron chi connectivity index (χ3n) is 13.6. The summed E-state index contributed by atoms with van der Waals surface area (Å²) in [5.41, 5.74) is 0. The van der Waals surface area contributed by atoms with E-state index in [-0.39, 0.29) is 25.9 Å². The standard InChI is InChI=1S/C73H112O12/c1-4-7-10-13-16-19-22-25-28-31-33-36-38-41-44-47-50-53-56-59-65(74)81-62-64(83-66(75)60-57-54-51-48-45-42-39-35-30-27-24-21-18-15-12-9-6-3)63-82-73-71(69(78)68(77)70(85-73)72(79)80)84-67(76)61-58-55-52-49-46-43-40-37-34-32-29-26-23-20-17-14-11-8-5-2/h7-12,16-21,25-30,33-34,36-37,43,46,52,55,64,68-71,73,77-78H,4-6,13-15,22-24,31-32,35,38-42,44-45,47-51,53-54,56-63H2,1-3H3,(H,79,80)/b10-7-,11-8-,12-9-,19-16-,20-17-,21-18-,28-25-,29-26-,30-27-,36-33-,37-34-,46-43-,55-52-. The maximum atomic E-state index is 13.2. The van der Waals surface area contributed by atoms with Gasteiger partial charge in [-0.05, 0) is 128 Å². The molecule has 1 aliphatic rings. The lowest BCUT2D eigenvalue weighted by Gasteiger charge is -2.40. The highest BCUT2D eigenvalue weighted by Crippen LogP contribution is 2.26. The summed E-state index contributed by atoms with van der Waals surface area (Å²) in [6, 6.07) is 0. The minimum atomic E-state index is -1.94. The fourth-order valence-electron chi connectivity index (χ4n) is 8.75. The second kappa shape index (κ2) is 58.7. The van der Waals surface area contributed by atoms with Crippen LogP contribution >= 0.6 is 0 Å². The van der Waals surface area contributed by atoms with Gasteiger partial charge in [0.05, 0.1) is 6.61 Å². The molecule has 0 radical (unpaired) electrons. The zero-order valence-electron chi connectivity index (χ0n) is 52.5. The number of hydrogen-bond donors (Lipinski definition) is 3. The molecule has 85 heavy (non-hydrogen) atoms. The number of aliphatic carboxylic acids is 1. The molecule has 1 heterocycles. The van der Waals surface area contributed by atoms with Gasteiger partial charge in [0.15, 0.2) is 24.6 Å². The number of allylic oxidation sites excluding steroid dienone is 26. The first-order valence-corrected chi connectivity index (χ1v) is 32.5. The number of ether oxygens (including phenoxy) is 5. The predicted octanol–water partition coefficient (Wildman–Crippen LogP) is 17.7. The first kappa shape index (κ1) is 77.4. The average molecular weight is 1180 g/mol. The van der Waals surface area contributed by atoms with Crippen molar-refractivity contribution in [1.82, 2.24) is 0 Å². The number of carbonyl (C=O) groups excluding carboxylic acids is 3. The molecule has 1 fully saturated rings. The molecule has 1 saturated heterocycles. The van der Waals surface area contributed by atoms with Crippen LogP contribution in [-0.4, -0.2) is 89.2 Å². The number of carbonyl (C=O) groups is 4. The van der Waals surface area contributed by atoms with Gasteiger partial charge >= 0.3 is 23.9 Å². The van der Waals surface area contributed by atoms with Gasteiger partial charge in [-0.25, -0.2) is 4.79 Å². The van der Waals surface area contributed by atoms with Crippen LogP contribution in [0.4, 0.5) is 0 Å². The van der Waals surface area contributed by atoms with Crippen LogP contribution < -0.4 is 0 Å². The summed E-state index contributed by atoms with van der Waals surface area (Å²) in [6.07, 6.45) is 73.5. The molecular formula is C73H112O12. The van der Waals surface area contributed by atoms with Gasteiger partial charge in [0.25, 0.3) is 0 Å². The highest BCUT2D eigenvalue weighted by Gasteiger charge is 2.50. The van der Waals surface area contributed by atoms with Crippen molar-refractivity contribution in [3.8, 4) is 0 Å². The SMILES string of the molecule is CC/C=C\C/C=C\C/C=C\C/C=C\C/C=C\C/C=C\CCC(=O)OC1C(OCC(COC(=O)CCCCCCCC/C=C\C/C=C\C/C=C\C/C=C\CC)OC(=O)CCCCCCCCC/C=C\C/C=C\C/C=C\CC)OC(C(=O)O)C(O)C1O. The Hall–Kier alpha value is -5.66. The molecule has 1 rings (SSSR count). The van der Waals surface area contributed by atoms with E-state index in [4.69, 9.17) is 23.7 Å². The smallest absolute Gasteiger partial charge is 0.335 e. The molecule has 12 nitrogen and oxygen atoms in total. The molecule has 0 aromatic rings. The minimum absolute atomic E-state index is 0.0762. The van der Waals surface area contributed by atoms with Crippen molar-refractivity contribution in [3.05, 3.63) is 158 Å². The van der Waals surface area contributed by atoms with E-state index in [1.807, 2.05) is 18.2 Å². The van der Waals surface area contributed by atoms with E-state index >= 15 is 0 Å². The third kappa shape index (κ3) is 48.2. The van der Waals surface area contributed by atoms with Crippen LogP contribution in [0.2, 0.25) is 0 Å². The molecule has 1 aliphatic heterocycles. The Labute approximate surface area is 514 Å². The van der Waals surface area contributed by atoms with Crippen LogP contribution in [0.3, 0.4) is 0 Å². The summed E-state index contributed by atoms with van der Waals surface area (Å²) in [4.78, 5) is 51.4. The monoisotopic (exact) mass is 1180 g/mol. The quantitative estimate of drug-likeness (QED) is 0.0228. The number of carboxylic acids is 1. The van der Waals surface area contributed by atoms with E-state index in [0.29, 0.717) is 25.7 Å². The molecular weight excluding hydrogens is 1070 g/mol. The Morgan fingerprint density at radius 3 is 1.12 bits per heavy atom. The first-order chi connectivity index (χ1) is 41.6. The van der Waals surface area contributed by atoms with Crippen molar-refractivity contribution >= 4 is 23.9 Å². The van der Waals surface area contributed by atoms with Crippen LogP contribution in [-0.2, 0) is 42.9 Å². The van der Waals surface area contributed by atoms with E-state index in [0.717, 1.165) is 161 Å². The Kier molecular flexibility index (Phi) is 53.4. The zero-order valence-corrected chi connectivity index (χ0v) is 52.5. The van der Waals surface area contributed by atoms with Crippen molar-refractivity contribution in [2.75, 3.05) is 13.2 Å². The molecule has 0 aromatic carbocycles. The third-order valence-corrected chi connectivity index (χ3v) is 13.6. The van der Waals surface area contributed by atoms with E-state index in [1.54, 1.807) is 0 Å². The zero-order chi connectivity index (χ0) is 61.7. The van der Waals surface area contributed by atoms with E-state index in [2.05, 4.69) is 161 Å². The molecule has 0 amide bonds. The normalized spacial score (nSPS) is 18.5. The Morgan fingerprint density at radius 2 is 0.729 bits per heavy atom. The largest absolute Gasteiger partial charge is 0.479 e. The number of unbranched alkanes of at least 4 members (excludes halogenated alkanes) is 13. The van der Waals surface area contributed by atoms with Crippen LogP contribution in [0, 0.1) is 0 Å².